The van der Waals surface area contributed by atoms with E-state index in [1.807, 2.05) is 6.92 Å². The molecule has 21 heavy (non-hydrogen) atoms. The Balaban J connectivity index is 1.73. The topological polar surface area (TPSA) is 29.9 Å². The van der Waals surface area contributed by atoms with Gasteiger partial charge in [-0.15, -0.1) is 0 Å². The van der Waals surface area contributed by atoms with Gasteiger partial charge in [-0.2, -0.15) is 0 Å². The minimum absolute atomic E-state index is 0.431. The van der Waals surface area contributed by atoms with Crippen molar-refractivity contribution >= 4 is 5.95 Å². The Labute approximate surface area is 123 Å². The van der Waals surface area contributed by atoms with Crippen LogP contribution in [0.1, 0.15) is 43.0 Å². The van der Waals surface area contributed by atoms with Crippen molar-refractivity contribution < 1.29 is 8.78 Å². The molecular weight excluding hydrogens is 272 g/mol. The molecule has 1 aliphatic rings. The van der Waals surface area contributed by atoms with Gasteiger partial charge in [0.05, 0.1) is 5.69 Å². The highest BCUT2D eigenvalue weighted by Gasteiger charge is 2.20. The van der Waals surface area contributed by atoms with Crippen molar-refractivity contribution in [3.63, 3.8) is 0 Å². The third kappa shape index (κ3) is 3.06. The third-order valence-corrected chi connectivity index (χ3v) is 4.01. The summed E-state index contributed by atoms with van der Waals surface area (Å²) < 4.78 is 28.3. The maximum atomic E-state index is 13.2. The summed E-state index contributed by atoms with van der Waals surface area (Å²) in [5.41, 5.74) is 1.67. The van der Waals surface area contributed by atoms with Crippen molar-refractivity contribution in [2.45, 2.75) is 45.2 Å². The Hall–Kier alpha value is -1.91. The van der Waals surface area contributed by atoms with Crippen molar-refractivity contribution in [2.75, 3.05) is 5.32 Å². The summed E-state index contributed by atoms with van der Waals surface area (Å²) >= 11 is 0. The number of imidazole rings is 1. The van der Waals surface area contributed by atoms with Gasteiger partial charge in [-0.1, -0.05) is 18.9 Å². The first-order valence-electron chi connectivity index (χ1n) is 7.37. The molecule has 1 fully saturated rings. The molecule has 1 aromatic heterocycles. The predicted molar refractivity (Wildman–Crippen MR) is 78.2 cm³/mol. The molecule has 112 valence electrons. The smallest absolute Gasteiger partial charge is 0.203 e. The number of aryl methyl sites for hydroxylation is 1. The summed E-state index contributed by atoms with van der Waals surface area (Å²) in [6, 6.07) is 4.46. The normalized spacial score (nSPS) is 15.6. The second-order valence-corrected chi connectivity index (χ2v) is 5.65. The van der Waals surface area contributed by atoms with E-state index in [0.29, 0.717) is 18.2 Å². The van der Waals surface area contributed by atoms with Crippen LogP contribution >= 0.6 is 0 Å². The lowest BCUT2D eigenvalue weighted by molar-refractivity contribution is 0.507. The van der Waals surface area contributed by atoms with Crippen LogP contribution in [-0.4, -0.2) is 9.55 Å². The van der Waals surface area contributed by atoms with E-state index in [1.54, 1.807) is 6.07 Å². The molecule has 2 aromatic rings. The van der Waals surface area contributed by atoms with Gasteiger partial charge in [0.25, 0.3) is 0 Å². The molecule has 0 aliphatic heterocycles. The molecule has 1 aliphatic carbocycles. The number of nitrogens with one attached hydrogen (secondary N) is 1. The number of rotatable bonds is 4. The maximum absolute atomic E-state index is 13.2. The highest BCUT2D eigenvalue weighted by atomic mass is 19.2. The van der Waals surface area contributed by atoms with Gasteiger partial charge in [-0.25, -0.2) is 13.8 Å². The largest absolute Gasteiger partial charge is 0.352 e. The van der Waals surface area contributed by atoms with Crippen molar-refractivity contribution in [2.24, 2.45) is 0 Å². The Morgan fingerprint density at radius 1 is 1.24 bits per heavy atom. The standard InChI is InChI=1S/C16H19F2N3/c1-11-10-21(13-4-2-3-5-13)16(20-11)19-9-12-6-7-14(17)15(18)8-12/h6-8,10,13H,2-5,9H2,1H3,(H,19,20). The molecule has 0 radical (unpaired) electrons. The monoisotopic (exact) mass is 291 g/mol. The second kappa shape index (κ2) is 5.84. The van der Waals surface area contributed by atoms with Gasteiger partial charge in [-0.05, 0) is 37.5 Å². The molecule has 0 amide bonds. The first-order chi connectivity index (χ1) is 10.1. The predicted octanol–water partition coefficient (Wildman–Crippen LogP) is 4.20. The van der Waals surface area contributed by atoms with E-state index < -0.39 is 11.6 Å². The van der Waals surface area contributed by atoms with Crippen molar-refractivity contribution in [3.8, 4) is 0 Å². The van der Waals surface area contributed by atoms with Gasteiger partial charge in [0.2, 0.25) is 5.95 Å². The Bertz CT molecular complexity index is 630. The second-order valence-electron chi connectivity index (χ2n) is 5.65. The fourth-order valence-corrected chi connectivity index (χ4v) is 2.94. The lowest BCUT2D eigenvalue weighted by Gasteiger charge is -2.15. The van der Waals surface area contributed by atoms with Crippen molar-refractivity contribution in [1.29, 1.82) is 0 Å². The number of halogens is 2. The van der Waals surface area contributed by atoms with Crippen LogP contribution in [0.15, 0.2) is 24.4 Å². The first kappa shape index (κ1) is 14.0. The van der Waals surface area contributed by atoms with Gasteiger partial charge in [0.1, 0.15) is 0 Å². The van der Waals surface area contributed by atoms with Gasteiger partial charge < -0.3 is 9.88 Å². The number of nitrogens with zero attached hydrogens (tertiary/aromatic N) is 2. The van der Waals surface area contributed by atoms with Crippen molar-refractivity contribution in [1.82, 2.24) is 9.55 Å². The van der Waals surface area contributed by atoms with E-state index >= 15 is 0 Å². The van der Waals surface area contributed by atoms with E-state index in [0.717, 1.165) is 17.7 Å². The molecule has 0 bridgehead atoms. The first-order valence-corrected chi connectivity index (χ1v) is 7.37. The van der Waals surface area contributed by atoms with Crippen LogP contribution in [0.4, 0.5) is 14.7 Å². The molecule has 5 heteroatoms. The zero-order valence-corrected chi connectivity index (χ0v) is 12.1. The minimum atomic E-state index is -0.818. The van der Waals surface area contributed by atoms with E-state index in [2.05, 4.69) is 21.1 Å². The van der Waals surface area contributed by atoms with Crippen LogP contribution in [0, 0.1) is 18.6 Å². The summed E-state index contributed by atoms with van der Waals surface area (Å²) in [5, 5.41) is 3.24. The van der Waals surface area contributed by atoms with Gasteiger partial charge in [0, 0.05) is 18.8 Å². The maximum Gasteiger partial charge on any atom is 0.203 e. The zero-order chi connectivity index (χ0) is 14.8. The highest BCUT2D eigenvalue weighted by molar-refractivity contribution is 5.32. The zero-order valence-electron chi connectivity index (χ0n) is 12.1. The summed E-state index contributed by atoms with van der Waals surface area (Å²) in [7, 11) is 0. The van der Waals surface area contributed by atoms with E-state index in [9.17, 15) is 8.78 Å². The summed E-state index contributed by atoms with van der Waals surface area (Å²) in [6.07, 6.45) is 6.92. The van der Waals surface area contributed by atoms with Crippen molar-refractivity contribution in [3.05, 3.63) is 47.3 Å². The Morgan fingerprint density at radius 3 is 2.71 bits per heavy atom. The third-order valence-electron chi connectivity index (χ3n) is 4.01. The molecule has 0 unspecified atom stereocenters. The quantitative estimate of drug-likeness (QED) is 0.915. The van der Waals surface area contributed by atoms with Crippen LogP contribution in [0.2, 0.25) is 0 Å². The summed E-state index contributed by atoms with van der Waals surface area (Å²) in [4.78, 5) is 4.49. The van der Waals surface area contributed by atoms with E-state index in [-0.39, 0.29) is 0 Å². The number of benzene rings is 1. The summed E-state index contributed by atoms with van der Waals surface area (Å²) in [6.45, 7) is 2.40. The number of hydrogen-bond acceptors (Lipinski definition) is 2. The lowest BCUT2D eigenvalue weighted by atomic mass is 10.2. The molecule has 1 heterocycles. The average Bonchev–Trinajstić information content (AvgIpc) is 3.09. The molecule has 1 N–H and O–H groups in total. The minimum Gasteiger partial charge on any atom is -0.352 e. The molecule has 3 rings (SSSR count). The Kier molecular flexibility index (Phi) is 3.90. The van der Waals surface area contributed by atoms with Crippen LogP contribution in [-0.2, 0) is 6.54 Å². The molecule has 1 saturated carbocycles. The van der Waals surface area contributed by atoms with Gasteiger partial charge >= 0.3 is 0 Å². The molecule has 1 aromatic carbocycles. The van der Waals surface area contributed by atoms with Gasteiger partial charge in [-0.3, -0.25) is 0 Å². The SMILES string of the molecule is Cc1cn(C2CCCC2)c(NCc2ccc(F)c(F)c2)n1. The van der Waals surface area contributed by atoms with E-state index in [4.69, 9.17) is 0 Å². The van der Waals surface area contributed by atoms with Crippen LogP contribution in [0.25, 0.3) is 0 Å². The van der Waals surface area contributed by atoms with Crippen LogP contribution in [0.5, 0.6) is 0 Å². The number of anilines is 1. The molecule has 0 spiro atoms. The fraction of sp³-hybridized carbons (Fsp3) is 0.438. The molecule has 0 saturated heterocycles. The molecule has 3 nitrogen and oxygen atoms in total. The average molecular weight is 291 g/mol. The lowest BCUT2D eigenvalue weighted by Crippen LogP contribution is -2.10. The number of aromatic nitrogens is 2. The van der Waals surface area contributed by atoms with Gasteiger partial charge in [0.15, 0.2) is 11.6 Å². The molecule has 0 atom stereocenters. The summed E-state index contributed by atoms with van der Waals surface area (Å²) in [5.74, 6) is -0.823. The van der Waals surface area contributed by atoms with Crippen LogP contribution in [0.3, 0.4) is 0 Å². The molecular formula is C16H19F2N3. The van der Waals surface area contributed by atoms with E-state index in [1.165, 1.54) is 31.7 Å². The highest BCUT2D eigenvalue weighted by Crippen LogP contribution is 2.32. The van der Waals surface area contributed by atoms with Crippen LogP contribution < -0.4 is 5.32 Å². The Morgan fingerprint density at radius 2 is 2.00 bits per heavy atom. The fourth-order valence-electron chi connectivity index (χ4n) is 2.94. The number of hydrogen-bond donors (Lipinski definition) is 1.